The van der Waals surface area contributed by atoms with Crippen LogP contribution in [-0.2, 0) is 6.54 Å². The molecule has 2 unspecified atom stereocenters. The Morgan fingerprint density at radius 3 is 2.39 bits per heavy atom. The molecule has 2 aliphatic heterocycles. The third-order valence-electron chi connectivity index (χ3n) is 9.66. The van der Waals surface area contributed by atoms with Crippen molar-refractivity contribution in [2.45, 2.75) is 103 Å². The van der Waals surface area contributed by atoms with Crippen LogP contribution in [0.4, 0.5) is 23.0 Å². The molecule has 12 nitrogen and oxygen atoms in total. The van der Waals surface area contributed by atoms with E-state index in [-0.39, 0.29) is 57.6 Å². The average Bonchev–Trinajstić information content (AvgIpc) is 3.82. The Labute approximate surface area is 277 Å². The smallest absolute Gasteiger partial charge is 0.305 e. The van der Waals surface area contributed by atoms with Crippen LogP contribution < -0.4 is 36.5 Å². The van der Waals surface area contributed by atoms with E-state index in [0.29, 0.717) is 29.6 Å². The van der Waals surface area contributed by atoms with Crippen LogP contribution in [0.25, 0.3) is 0 Å². The molecule has 0 aromatic carbocycles. The Hall–Kier alpha value is -3.51. The van der Waals surface area contributed by atoms with Gasteiger partial charge in [-0.15, -0.1) is 0 Å². The molecule has 7 rings (SSSR count). The Balaban J connectivity index is 1.32. The quantitative estimate of drug-likeness (QED) is 0.157. The van der Waals surface area contributed by atoms with Crippen molar-refractivity contribution in [3.05, 3.63) is 49.3 Å². The molecule has 2 atom stereocenters. The first-order valence-electron chi connectivity index (χ1n) is 16.6. The van der Waals surface area contributed by atoms with E-state index < -0.39 is 0 Å². The van der Waals surface area contributed by atoms with Crippen molar-refractivity contribution in [2.75, 3.05) is 20.7 Å². The van der Waals surface area contributed by atoms with Crippen LogP contribution >= 0.6 is 23.2 Å². The third kappa shape index (κ3) is 6.01. The molecule has 2 fully saturated rings. The number of rotatable bonds is 10. The summed E-state index contributed by atoms with van der Waals surface area (Å²) in [4.78, 5) is 44.1. The zero-order valence-electron chi connectivity index (χ0n) is 26.3. The highest BCUT2D eigenvalue weighted by Crippen LogP contribution is 2.45. The Morgan fingerprint density at radius 2 is 1.65 bits per heavy atom. The van der Waals surface area contributed by atoms with Gasteiger partial charge < -0.3 is 15.4 Å². The number of hydrogen-bond acceptors (Lipinski definition) is 10. The summed E-state index contributed by atoms with van der Waals surface area (Å²) in [5.41, 5.74) is 0.197. The lowest BCUT2D eigenvalue weighted by Crippen LogP contribution is -2.56. The Kier molecular flexibility index (Phi) is 8.75. The van der Waals surface area contributed by atoms with Crippen molar-refractivity contribution in [1.29, 1.82) is 0 Å². The van der Waals surface area contributed by atoms with E-state index in [4.69, 9.17) is 37.9 Å². The molecule has 5 heterocycles. The highest BCUT2D eigenvalue weighted by Gasteiger charge is 2.48. The predicted molar refractivity (Wildman–Crippen MR) is 180 cm³/mol. The normalized spacial score (nSPS) is 21.2. The minimum absolute atomic E-state index is 0.0138. The van der Waals surface area contributed by atoms with Crippen LogP contribution in [0.3, 0.4) is 0 Å². The topological polar surface area (TPSA) is 133 Å². The van der Waals surface area contributed by atoms with Gasteiger partial charge in [-0.25, -0.2) is 15.0 Å². The maximum atomic E-state index is 13.9. The number of hydrogen-bond donors (Lipinski definition) is 3. The molecule has 46 heavy (non-hydrogen) atoms. The lowest BCUT2D eigenvalue weighted by Gasteiger charge is -2.40. The molecule has 4 aliphatic rings. The van der Waals surface area contributed by atoms with Gasteiger partial charge in [-0.1, -0.05) is 76.5 Å². The van der Waals surface area contributed by atoms with Crippen molar-refractivity contribution >= 4 is 46.2 Å². The van der Waals surface area contributed by atoms with E-state index >= 15 is 0 Å². The number of anilines is 4. The standard InChI is InChI=1S/C32H41Cl2N9O3/c1-18(2)17-41-30(45)25-28(38-31(41)34)43(26(37-25)20-12-5-6-13-20)42-22(15-7-11-19-9-3-4-10-19)36-24-27(42)39-32(40-29(24)44)46-23-16-8-14-21(33)35-23/h8,14,16,18-20,22,26,36-37H,3-7,9-13,15,17H2,1-2H3,(H,39,40,44). The van der Waals surface area contributed by atoms with E-state index in [1.165, 1.54) is 30.3 Å². The summed E-state index contributed by atoms with van der Waals surface area (Å²) in [5, 5.41) is 11.5. The second-order valence-electron chi connectivity index (χ2n) is 13.4. The number of H-pyrrole nitrogens is 1. The van der Waals surface area contributed by atoms with Crippen LogP contribution in [0.2, 0.25) is 10.4 Å². The van der Waals surface area contributed by atoms with Gasteiger partial charge in [-0.05, 0) is 61.1 Å². The average molecular weight is 671 g/mol. The number of aromatic nitrogens is 5. The SMILES string of the molecule is CC(C)Cn1c(Cl)nc2c(c1=O)NC(C1CCCC1)N2N1c2nc(Oc3cccc(Cl)n3)[nH]c(=O)c2NC1CCCC1CCCC1. The molecular formula is C32H41Cl2N9O3. The largest absolute Gasteiger partial charge is 0.406 e. The number of aromatic amines is 1. The third-order valence-corrected chi connectivity index (χ3v) is 10.2. The molecule has 3 N–H and O–H groups in total. The van der Waals surface area contributed by atoms with E-state index in [0.717, 1.165) is 50.9 Å². The Morgan fingerprint density at radius 1 is 0.913 bits per heavy atom. The van der Waals surface area contributed by atoms with Crippen LogP contribution in [0, 0.1) is 17.8 Å². The zero-order chi connectivity index (χ0) is 31.9. The molecule has 0 amide bonds. The zero-order valence-corrected chi connectivity index (χ0v) is 27.8. The molecule has 14 heteroatoms. The van der Waals surface area contributed by atoms with Gasteiger partial charge in [-0.2, -0.15) is 9.97 Å². The van der Waals surface area contributed by atoms with Gasteiger partial charge in [0.15, 0.2) is 11.6 Å². The van der Waals surface area contributed by atoms with Crippen molar-refractivity contribution in [3.63, 3.8) is 0 Å². The summed E-state index contributed by atoms with van der Waals surface area (Å²) in [6.07, 6.45) is 11.7. The summed E-state index contributed by atoms with van der Waals surface area (Å²) in [6, 6.07) is 4.99. The molecule has 0 saturated heterocycles. The van der Waals surface area contributed by atoms with Gasteiger partial charge >= 0.3 is 6.01 Å². The Bertz CT molecular complexity index is 1700. The number of halogens is 2. The monoisotopic (exact) mass is 669 g/mol. The molecular weight excluding hydrogens is 629 g/mol. The fourth-order valence-electron chi connectivity index (χ4n) is 7.55. The maximum Gasteiger partial charge on any atom is 0.305 e. The maximum absolute atomic E-state index is 13.9. The summed E-state index contributed by atoms with van der Waals surface area (Å²) >= 11 is 12.8. The number of pyridine rings is 1. The van der Waals surface area contributed by atoms with Crippen molar-refractivity contribution < 1.29 is 4.74 Å². The molecule has 0 spiro atoms. The van der Waals surface area contributed by atoms with E-state index in [1.807, 2.05) is 23.9 Å². The van der Waals surface area contributed by atoms with Gasteiger partial charge in [0.05, 0.1) is 0 Å². The molecule has 3 aromatic heterocycles. The molecule has 246 valence electrons. The minimum Gasteiger partial charge on any atom is -0.406 e. The van der Waals surface area contributed by atoms with Gasteiger partial charge in [0.1, 0.15) is 28.9 Å². The van der Waals surface area contributed by atoms with E-state index in [9.17, 15) is 9.59 Å². The molecule has 2 saturated carbocycles. The number of fused-ring (bicyclic) bond motifs is 2. The van der Waals surface area contributed by atoms with Gasteiger partial charge in [0.2, 0.25) is 11.2 Å². The van der Waals surface area contributed by atoms with Crippen LogP contribution in [0.15, 0.2) is 27.8 Å². The van der Waals surface area contributed by atoms with E-state index in [2.05, 4.69) is 20.6 Å². The first-order chi connectivity index (χ1) is 22.3. The van der Waals surface area contributed by atoms with Crippen LogP contribution in [0.5, 0.6) is 11.9 Å². The fraction of sp³-hybridized carbons (Fsp3) is 0.594. The van der Waals surface area contributed by atoms with Crippen LogP contribution in [-0.4, -0.2) is 36.8 Å². The molecule has 0 radical (unpaired) electrons. The molecule has 0 bridgehead atoms. The number of ether oxygens (including phenoxy) is 1. The second-order valence-corrected chi connectivity index (χ2v) is 14.1. The van der Waals surface area contributed by atoms with Crippen molar-refractivity contribution in [2.24, 2.45) is 17.8 Å². The van der Waals surface area contributed by atoms with Crippen molar-refractivity contribution in [1.82, 2.24) is 24.5 Å². The summed E-state index contributed by atoms with van der Waals surface area (Å²) in [5.74, 6) is 2.25. The molecule has 3 aromatic rings. The first kappa shape index (κ1) is 31.1. The summed E-state index contributed by atoms with van der Waals surface area (Å²) in [7, 11) is 0. The second kappa shape index (κ2) is 12.9. The lowest BCUT2D eigenvalue weighted by molar-refractivity contribution is 0.406. The fourth-order valence-corrected chi connectivity index (χ4v) is 7.93. The highest BCUT2D eigenvalue weighted by molar-refractivity contribution is 6.29. The lowest BCUT2D eigenvalue weighted by atomic mass is 10.00. The molecule has 2 aliphatic carbocycles. The first-order valence-corrected chi connectivity index (χ1v) is 17.4. The van der Waals surface area contributed by atoms with Gasteiger partial charge in [-0.3, -0.25) is 19.1 Å². The van der Waals surface area contributed by atoms with Crippen LogP contribution in [0.1, 0.15) is 84.5 Å². The van der Waals surface area contributed by atoms with E-state index in [1.54, 1.807) is 18.2 Å². The predicted octanol–water partition coefficient (Wildman–Crippen LogP) is 6.76. The summed E-state index contributed by atoms with van der Waals surface area (Å²) < 4.78 is 7.44. The number of hydrazine groups is 1. The highest BCUT2D eigenvalue weighted by atomic mass is 35.5. The minimum atomic E-state index is -0.367. The van der Waals surface area contributed by atoms with Gasteiger partial charge in [0.25, 0.3) is 11.1 Å². The van der Waals surface area contributed by atoms with Gasteiger partial charge in [0, 0.05) is 12.6 Å². The summed E-state index contributed by atoms with van der Waals surface area (Å²) in [6.45, 7) is 4.55. The van der Waals surface area contributed by atoms with Crippen molar-refractivity contribution in [3.8, 4) is 11.9 Å². The number of nitrogens with zero attached hydrogens (tertiary/aromatic N) is 6. The number of nitrogens with one attached hydrogen (secondary N) is 3.